The number of carbonyl (C=O) groups is 3. The highest BCUT2D eigenvalue weighted by molar-refractivity contribution is 6.02. The average Bonchev–Trinajstić information content (AvgIpc) is 2.62. The molecule has 3 rings (SSSR count). The Morgan fingerprint density at radius 2 is 1.65 bits per heavy atom. The molecule has 0 unspecified atom stereocenters. The van der Waals surface area contributed by atoms with Crippen molar-refractivity contribution in [2.45, 2.75) is 20.8 Å². The molecule has 1 aromatic rings. The van der Waals surface area contributed by atoms with E-state index in [0.717, 1.165) is 0 Å². The summed E-state index contributed by atoms with van der Waals surface area (Å²) in [5, 5.41) is 0. The van der Waals surface area contributed by atoms with Gasteiger partial charge in [0.2, 0.25) is 11.8 Å². The van der Waals surface area contributed by atoms with Crippen LogP contribution in [0, 0.1) is 5.41 Å². The van der Waals surface area contributed by atoms with Crippen molar-refractivity contribution >= 4 is 23.4 Å². The largest absolute Gasteiger partial charge is 0.482 e. The fraction of sp³-hybridized carbons (Fsp3) is 0.526. The van der Waals surface area contributed by atoms with E-state index in [1.165, 1.54) is 4.90 Å². The second kappa shape index (κ2) is 6.97. The fourth-order valence-corrected chi connectivity index (χ4v) is 3.20. The van der Waals surface area contributed by atoms with Crippen molar-refractivity contribution in [3.63, 3.8) is 0 Å². The molecule has 26 heavy (non-hydrogen) atoms. The summed E-state index contributed by atoms with van der Waals surface area (Å²) >= 11 is 0. The molecular weight excluding hydrogens is 334 g/mol. The molecule has 2 aliphatic rings. The lowest BCUT2D eigenvalue weighted by Crippen LogP contribution is -2.55. The van der Waals surface area contributed by atoms with Crippen LogP contribution in [0.4, 0.5) is 5.69 Å². The molecule has 7 heteroatoms. The van der Waals surface area contributed by atoms with Crippen LogP contribution < -0.4 is 9.64 Å². The number of para-hydroxylation sites is 2. The Morgan fingerprint density at radius 1 is 1.04 bits per heavy atom. The highest BCUT2D eigenvalue weighted by atomic mass is 16.5. The predicted octanol–water partition coefficient (Wildman–Crippen LogP) is 1.13. The van der Waals surface area contributed by atoms with Crippen LogP contribution in [0.15, 0.2) is 24.3 Å². The molecule has 1 aromatic carbocycles. The summed E-state index contributed by atoms with van der Waals surface area (Å²) < 4.78 is 5.40. The number of fused-ring (bicyclic) bond motifs is 1. The molecule has 140 valence electrons. The number of carbonyl (C=O) groups excluding carboxylic acids is 3. The lowest BCUT2D eigenvalue weighted by Gasteiger charge is -2.38. The smallest absolute Gasteiger partial charge is 0.265 e. The summed E-state index contributed by atoms with van der Waals surface area (Å²) in [5.74, 6) is 0.374. The Balaban J connectivity index is 1.62. The number of ether oxygens (including phenoxy) is 1. The number of nitrogens with zero attached hydrogens (tertiary/aromatic N) is 3. The Hall–Kier alpha value is -2.57. The zero-order chi connectivity index (χ0) is 18.9. The first-order valence-electron chi connectivity index (χ1n) is 8.87. The van der Waals surface area contributed by atoms with Crippen molar-refractivity contribution in [2.24, 2.45) is 5.41 Å². The van der Waals surface area contributed by atoms with Crippen LogP contribution in [0.1, 0.15) is 20.8 Å². The van der Waals surface area contributed by atoms with E-state index in [-0.39, 0.29) is 30.9 Å². The molecule has 0 aliphatic carbocycles. The van der Waals surface area contributed by atoms with Gasteiger partial charge in [0.15, 0.2) is 6.61 Å². The van der Waals surface area contributed by atoms with Crippen molar-refractivity contribution in [1.82, 2.24) is 9.80 Å². The Bertz CT molecular complexity index is 718. The van der Waals surface area contributed by atoms with E-state index in [0.29, 0.717) is 37.6 Å². The van der Waals surface area contributed by atoms with Crippen LogP contribution in [-0.2, 0) is 14.4 Å². The topological polar surface area (TPSA) is 70.2 Å². The van der Waals surface area contributed by atoms with Gasteiger partial charge in [-0.2, -0.15) is 0 Å². The van der Waals surface area contributed by atoms with Gasteiger partial charge < -0.3 is 14.5 Å². The molecule has 0 bridgehead atoms. The number of anilines is 1. The van der Waals surface area contributed by atoms with Crippen LogP contribution in [0.2, 0.25) is 0 Å². The van der Waals surface area contributed by atoms with Crippen LogP contribution in [0.3, 0.4) is 0 Å². The van der Waals surface area contributed by atoms with Gasteiger partial charge in [-0.05, 0) is 12.1 Å². The summed E-state index contributed by atoms with van der Waals surface area (Å²) in [4.78, 5) is 42.2. The maximum Gasteiger partial charge on any atom is 0.265 e. The normalized spacial score (nSPS) is 17.7. The minimum atomic E-state index is -0.421. The van der Waals surface area contributed by atoms with E-state index in [1.54, 1.807) is 21.9 Å². The van der Waals surface area contributed by atoms with Crippen molar-refractivity contribution in [1.29, 1.82) is 0 Å². The van der Waals surface area contributed by atoms with E-state index >= 15 is 0 Å². The zero-order valence-electron chi connectivity index (χ0n) is 15.5. The molecule has 0 aromatic heterocycles. The van der Waals surface area contributed by atoms with Crippen LogP contribution in [0.5, 0.6) is 5.75 Å². The lowest BCUT2D eigenvalue weighted by molar-refractivity contribution is -0.144. The molecule has 2 heterocycles. The molecule has 2 aliphatic heterocycles. The monoisotopic (exact) mass is 359 g/mol. The van der Waals surface area contributed by atoms with Gasteiger partial charge in [0, 0.05) is 31.6 Å². The number of benzene rings is 1. The van der Waals surface area contributed by atoms with Gasteiger partial charge in [-0.1, -0.05) is 32.9 Å². The Labute approximate surface area is 153 Å². The first kappa shape index (κ1) is 18.2. The quantitative estimate of drug-likeness (QED) is 0.794. The standard InChI is InChI=1S/C19H25N3O4/c1-19(2,3)18(25)21-10-8-20(9-11-21)16(23)12-22-14-6-4-5-7-15(14)26-13-17(22)24/h4-7H,8-13H2,1-3H3. The number of piperazine rings is 1. The number of amides is 3. The molecular formula is C19H25N3O4. The van der Waals surface area contributed by atoms with Crippen LogP contribution in [-0.4, -0.2) is 66.9 Å². The molecule has 0 saturated carbocycles. The third-order valence-electron chi connectivity index (χ3n) is 4.66. The molecule has 0 spiro atoms. The summed E-state index contributed by atoms with van der Waals surface area (Å²) in [7, 11) is 0. The zero-order valence-corrected chi connectivity index (χ0v) is 15.5. The van der Waals surface area contributed by atoms with E-state index in [1.807, 2.05) is 32.9 Å². The molecule has 0 N–H and O–H groups in total. The van der Waals surface area contributed by atoms with Crippen LogP contribution in [0.25, 0.3) is 0 Å². The van der Waals surface area contributed by atoms with Gasteiger partial charge in [-0.3, -0.25) is 19.3 Å². The molecule has 1 fully saturated rings. The first-order chi connectivity index (χ1) is 12.3. The summed E-state index contributed by atoms with van der Waals surface area (Å²) in [6.45, 7) is 7.65. The highest BCUT2D eigenvalue weighted by Gasteiger charge is 2.33. The lowest BCUT2D eigenvalue weighted by atomic mass is 9.94. The number of rotatable bonds is 2. The van der Waals surface area contributed by atoms with E-state index in [9.17, 15) is 14.4 Å². The molecule has 1 saturated heterocycles. The summed E-state index contributed by atoms with van der Waals surface area (Å²) in [5.41, 5.74) is 0.203. The maximum atomic E-state index is 12.7. The van der Waals surface area contributed by atoms with E-state index < -0.39 is 5.41 Å². The molecule has 7 nitrogen and oxygen atoms in total. The average molecular weight is 359 g/mol. The van der Waals surface area contributed by atoms with Gasteiger partial charge in [-0.15, -0.1) is 0 Å². The Morgan fingerprint density at radius 3 is 2.31 bits per heavy atom. The third kappa shape index (κ3) is 3.66. The van der Waals surface area contributed by atoms with Gasteiger partial charge >= 0.3 is 0 Å². The first-order valence-corrected chi connectivity index (χ1v) is 8.87. The molecule has 0 atom stereocenters. The molecule has 3 amide bonds. The van der Waals surface area contributed by atoms with Crippen LogP contribution >= 0.6 is 0 Å². The van der Waals surface area contributed by atoms with E-state index in [4.69, 9.17) is 4.74 Å². The van der Waals surface area contributed by atoms with E-state index in [2.05, 4.69) is 0 Å². The van der Waals surface area contributed by atoms with Gasteiger partial charge in [-0.25, -0.2) is 0 Å². The minimum Gasteiger partial charge on any atom is -0.482 e. The number of hydrogen-bond donors (Lipinski definition) is 0. The third-order valence-corrected chi connectivity index (χ3v) is 4.66. The predicted molar refractivity (Wildman–Crippen MR) is 96.9 cm³/mol. The van der Waals surface area contributed by atoms with Gasteiger partial charge in [0.1, 0.15) is 12.3 Å². The summed E-state index contributed by atoms with van der Waals surface area (Å²) in [6.07, 6.45) is 0. The van der Waals surface area contributed by atoms with Crippen molar-refractivity contribution in [3.05, 3.63) is 24.3 Å². The second-order valence-corrected chi connectivity index (χ2v) is 7.66. The SMILES string of the molecule is CC(C)(C)C(=O)N1CCN(C(=O)CN2C(=O)COc3ccccc32)CC1. The number of hydrogen-bond acceptors (Lipinski definition) is 4. The molecule has 0 radical (unpaired) electrons. The fourth-order valence-electron chi connectivity index (χ4n) is 3.20. The maximum absolute atomic E-state index is 12.7. The Kier molecular flexibility index (Phi) is 4.89. The van der Waals surface area contributed by atoms with Gasteiger partial charge in [0.25, 0.3) is 5.91 Å². The van der Waals surface area contributed by atoms with Crippen molar-refractivity contribution in [2.75, 3.05) is 44.2 Å². The summed E-state index contributed by atoms with van der Waals surface area (Å²) in [6, 6.07) is 7.21. The highest BCUT2D eigenvalue weighted by Crippen LogP contribution is 2.31. The second-order valence-electron chi connectivity index (χ2n) is 7.66. The van der Waals surface area contributed by atoms with Gasteiger partial charge in [0.05, 0.1) is 5.69 Å². The van der Waals surface area contributed by atoms with Crippen molar-refractivity contribution < 1.29 is 19.1 Å². The van der Waals surface area contributed by atoms with Crippen molar-refractivity contribution in [3.8, 4) is 5.75 Å². The minimum absolute atomic E-state index is 0.00752.